The van der Waals surface area contributed by atoms with Crippen molar-refractivity contribution in [2.75, 3.05) is 6.79 Å². The lowest BCUT2D eigenvalue weighted by Crippen LogP contribution is -2.18. The summed E-state index contributed by atoms with van der Waals surface area (Å²) in [6, 6.07) is 12.8. The van der Waals surface area contributed by atoms with Gasteiger partial charge in [0.25, 0.3) is 5.91 Å². The molecule has 0 saturated heterocycles. The second kappa shape index (κ2) is 7.31. The number of halogens is 1. The lowest BCUT2D eigenvalue weighted by atomic mass is 10.2. The Morgan fingerprint density at radius 3 is 2.71 bits per heavy atom. The van der Waals surface area contributed by atoms with Crippen LogP contribution in [0.15, 0.2) is 58.1 Å². The van der Waals surface area contributed by atoms with Crippen LogP contribution in [0.4, 0.5) is 0 Å². The first-order valence-corrected chi connectivity index (χ1v) is 8.09. The van der Waals surface area contributed by atoms with E-state index < -0.39 is 0 Å². The molecule has 0 spiro atoms. The molecule has 0 radical (unpaired) electrons. The van der Waals surface area contributed by atoms with E-state index >= 15 is 0 Å². The first-order chi connectivity index (χ1) is 11.6. The van der Waals surface area contributed by atoms with Crippen LogP contribution in [0.25, 0.3) is 6.08 Å². The SMILES string of the molecule is CC(/C=C/c1ccc2c(c1)OCO2)=N/NC(=O)c1ccc(Br)cc1. The Labute approximate surface area is 148 Å². The molecule has 0 aromatic heterocycles. The fourth-order valence-corrected chi connectivity index (χ4v) is 2.34. The summed E-state index contributed by atoms with van der Waals surface area (Å²) in [7, 11) is 0. The topological polar surface area (TPSA) is 59.9 Å². The Bertz CT molecular complexity index is 814. The number of benzene rings is 2. The molecule has 1 N–H and O–H groups in total. The zero-order chi connectivity index (χ0) is 16.9. The van der Waals surface area contributed by atoms with Crippen LogP contribution < -0.4 is 14.9 Å². The summed E-state index contributed by atoms with van der Waals surface area (Å²) in [6.07, 6.45) is 3.71. The van der Waals surface area contributed by atoms with Crippen molar-refractivity contribution >= 4 is 33.6 Å². The van der Waals surface area contributed by atoms with Crippen molar-refractivity contribution in [3.05, 3.63) is 64.1 Å². The van der Waals surface area contributed by atoms with Gasteiger partial charge in [0.1, 0.15) is 0 Å². The summed E-state index contributed by atoms with van der Waals surface area (Å²) >= 11 is 3.33. The van der Waals surface area contributed by atoms with E-state index in [4.69, 9.17) is 9.47 Å². The van der Waals surface area contributed by atoms with Gasteiger partial charge in [-0.25, -0.2) is 5.43 Å². The molecule has 5 nitrogen and oxygen atoms in total. The predicted octanol–water partition coefficient (Wildman–Crippen LogP) is 4.00. The molecule has 0 unspecified atom stereocenters. The maximum absolute atomic E-state index is 12.0. The van der Waals surface area contributed by atoms with E-state index in [1.807, 2.05) is 49.4 Å². The molecule has 2 aromatic rings. The molecule has 0 fully saturated rings. The van der Waals surface area contributed by atoms with E-state index in [0.717, 1.165) is 21.5 Å². The minimum Gasteiger partial charge on any atom is -0.454 e. The Morgan fingerprint density at radius 2 is 1.92 bits per heavy atom. The van der Waals surface area contributed by atoms with E-state index in [0.29, 0.717) is 11.3 Å². The van der Waals surface area contributed by atoms with Gasteiger partial charge in [-0.1, -0.05) is 28.1 Å². The highest BCUT2D eigenvalue weighted by molar-refractivity contribution is 9.10. The van der Waals surface area contributed by atoms with Crippen molar-refractivity contribution in [2.45, 2.75) is 6.92 Å². The van der Waals surface area contributed by atoms with Crippen molar-refractivity contribution in [1.82, 2.24) is 5.43 Å². The third-order valence-electron chi connectivity index (χ3n) is 3.35. The van der Waals surface area contributed by atoms with E-state index in [2.05, 4.69) is 26.5 Å². The number of carbonyl (C=O) groups excluding carboxylic acids is 1. The summed E-state index contributed by atoms with van der Waals surface area (Å²) in [5.41, 5.74) is 4.73. The van der Waals surface area contributed by atoms with Gasteiger partial charge in [-0.3, -0.25) is 4.79 Å². The summed E-state index contributed by atoms with van der Waals surface area (Å²) in [5.74, 6) is 1.23. The van der Waals surface area contributed by atoms with E-state index in [-0.39, 0.29) is 12.7 Å². The zero-order valence-corrected chi connectivity index (χ0v) is 14.5. The van der Waals surface area contributed by atoms with Crippen molar-refractivity contribution in [1.29, 1.82) is 0 Å². The van der Waals surface area contributed by atoms with Crippen molar-refractivity contribution < 1.29 is 14.3 Å². The van der Waals surface area contributed by atoms with Crippen LogP contribution in [0.1, 0.15) is 22.8 Å². The van der Waals surface area contributed by atoms with Crippen LogP contribution in [0.5, 0.6) is 11.5 Å². The van der Waals surface area contributed by atoms with Gasteiger partial charge in [0, 0.05) is 10.0 Å². The fourth-order valence-electron chi connectivity index (χ4n) is 2.08. The van der Waals surface area contributed by atoms with E-state index in [1.165, 1.54) is 0 Å². The predicted molar refractivity (Wildman–Crippen MR) is 96.3 cm³/mol. The van der Waals surface area contributed by atoms with Gasteiger partial charge in [-0.2, -0.15) is 5.10 Å². The van der Waals surface area contributed by atoms with Gasteiger partial charge in [0.2, 0.25) is 6.79 Å². The minimum absolute atomic E-state index is 0.252. The van der Waals surface area contributed by atoms with Gasteiger partial charge in [-0.15, -0.1) is 0 Å². The highest BCUT2D eigenvalue weighted by Gasteiger charge is 2.12. The summed E-state index contributed by atoms with van der Waals surface area (Å²) in [4.78, 5) is 12.0. The molecule has 0 bridgehead atoms. The van der Waals surface area contributed by atoms with Crippen LogP contribution in [0.3, 0.4) is 0 Å². The molecule has 1 aliphatic heterocycles. The molecule has 0 aliphatic carbocycles. The lowest BCUT2D eigenvalue weighted by Gasteiger charge is -2.01. The Morgan fingerprint density at radius 1 is 1.17 bits per heavy atom. The van der Waals surface area contributed by atoms with Crippen LogP contribution in [-0.4, -0.2) is 18.4 Å². The number of nitrogens with zero attached hydrogens (tertiary/aromatic N) is 1. The van der Waals surface area contributed by atoms with Crippen molar-refractivity contribution in [2.24, 2.45) is 5.10 Å². The quantitative estimate of drug-likeness (QED) is 0.638. The van der Waals surface area contributed by atoms with Gasteiger partial charge in [0.05, 0.1) is 5.71 Å². The number of amides is 1. The number of fused-ring (bicyclic) bond motifs is 1. The maximum Gasteiger partial charge on any atom is 0.271 e. The number of nitrogens with one attached hydrogen (secondary N) is 1. The van der Waals surface area contributed by atoms with Crippen molar-refractivity contribution in [3.63, 3.8) is 0 Å². The van der Waals surface area contributed by atoms with E-state index in [9.17, 15) is 4.79 Å². The number of ether oxygens (including phenoxy) is 2. The molecule has 122 valence electrons. The lowest BCUT2D eigenvalue weighted by molar-refractivity contribution is 0.0955. The van der Waals surface area contributed by atoms with Crippen molar-refractivity contribution in [3.8, 4) is 11.5 Å². The standard InChI is InChI=1S/C18H15BrN2O3/c1-12(20-21-18(22)14-5-7-15(19)8-6-14)2-3-13-4-9-16-17(10-13)24-11-23-16/h2-10H,11H2,1H3,(H,21,22)/b3-2+,20-12-. The highest BCUT2D eigenvalue weighted by Crippen LogP contribution is 2.32. The molecular formula is C18H15BrN2O3. The Hall–Kier alpha value is -2.60. The summed E-state index contributed by atoms with van der Waals surface area (Å²) in [5, 5.41) is 4.07. The monoisotopic (exact) mass is 386 g/mol. The average molecular weight is 387 g/mol. The molecule has 0 saturated carbocycles. The molecule has 0 atom stereocenters. The molecule has 1 heterocycles. The van der Waals surface area contributed by atoms with Gasteiger partial charge in [0.15, 0.2) is 11.5 Å². The minimum atomic E-state index is -0.252. The molecule has 24 heavy (non-hydrogen) atoms. The number of allylic oxidation sites excluding steroid dienone is 1. The average Bonchev–Trinajstić information content (AvgIpc) is 3.06. The number of rotatable bonds is 4. The third kappa shape index (κ3) is 4.02. The first kappa shape index (κ1) is 16.3. The number of carbonyl (C=O) groups is 1. The fraction of sp³-hybridized carbons (Fsp3) is 0.111. The van der Waals surface area contributed by atoms with E-state index in [1.54, 1.807) is 12.1 Å². The number of hydrazone groups is 1. The Balaban J connectivity index is 1.61. The highest BCUT2D eigenvalue weighted by atomic mass is 79.9. The van der Waals surface area contributed by atoms with Crippen LogP contribution in [0.2, 0.25) is 0 Å². The van der Waals surface area contributed by atoms with Crippen LogP contribution >= 0.6 is 15.9 Å². The third-order valence-corrected chi connectivity index (χ3v) is 3.88. The van der Waals surface area contributed by atoms with Gasteiger partial charge in [-0.05, 0) is 55.0 Å². The molecule has 1 amide bonds. The largest absolute Gasteiger partial charge is 0.454 e. The van der Waals surface area contributed by atoms with Crippen LogP contribution in [0, 0.1) is 0 Å². The molecule has 3 rings (SSSR count). The molecule has 1 aliphatic rings. The number of hydrogen-bond acceptors (Lipinski definition) is 4. The molecule has 2 aromatic carbocycles. The first-order valence-electron chi connectivity index (χ1n) is 7.30. The van der Waals surface area contributed by atoms with Gasteiger partial charge >= 0.3 is 0 Å². The zero-order valence-electron chi connectivity index (χ0n) is 13.0. The van der Waals surface area contributed by atoms with Crippen LogP contribution in [-0.2, 0) is 0 Å². The summed E-state index contributed by atoms with van der Waals surface area (Å²) < 4.78 is 11.5. The maximum atomic E-state index is 12.0. The molecular weight excluding hydrogens is 372 g/mol. The Kier molecular flexibility index (Phi) is 4.96. The smallest absolute Gasteiger partial charge is 0.271 e. The second-order valence-corrected chi connectivity index (χ2v) is 6.06. The second-order valence-electron chi connectivity index (χ2n) is 5.15. The normalized spacial score (nSPS) is 13.3. The van der Waals surface area contributed by atoms with Gasteiger partial charge < -0.3 is 9.47 Å². The summed E-state index contributed by atoms with van der Waals surface area (Å²) in [6.45, 7) is 2.07. The number of hydrogen-bond donors (Lipinski definition) is 1. The molecule has 6 heteroatoms.